The van der Waals surface area contributed by atoms with Crippen molar-refractivity contribution in [2.75, 3.05) is 26.2 Å². The summed E-state index contributed by atoms with van der Waals surface area (Å²) in [4.78, 5) is 27.1. The number of carbonyl (C=O) groups is 2. The number of amides is 2. The summed E-state index contributed by atoms with van der Waals surface area (Å²) in [6.45, 7) is 11.1. The standard InChI is InChI=1S/C18H27Cl2N3O2/c1-5-23(6-2)10-9-21-18(25)16(12(3)4)22-17(24)14-8-7-13(19)11-15(14)20/h7-8,11-12,16H,5-6,9-10H2,1-4H3,(H,21,25)(H,22,24)/t16-/m0/s1. The molecule has 5 nitrogen and oxygen atoms in total. The summed E-state index contributed by atoms with van der Waals surface area (Å²) in [5.74, 6) is -0.636. The molecule has 25 heavy (non-hydrogen) atoms. The fourth-order valence-corrected chi connectivity index (χ4v) is 2.91. The van der Waals surface area contributed by atoms with Gasteiger partial charge in [-0.05, 0) is 37.2 Å². The molecular weight excluding hydrogens is 361 g/mol. The summed E-state index contributed by atoms with van der Waals surface area (Å²) in [7, 11) is 0. The zero-order valence-electron chi connectivity index (χ0n) is 15.2. The molecule has 7 heteroatoms. The maximum atomic E-state index is 12.5. The summed E-state index contributed by atoms with van der Waals surface area (Å²) in [5.41, 5.74) is 0.299. The summed E-state index contributed by atoms with van der Waals surface area (Å²) in [5, 5.41) is 6.37. The second kappa shape index (κ2) is 10.6. The largest absolute Gasteiger partial charge is 0.353 e. The first-order valence-electron chi connectivity index (χ1n) is 8.56. The molecule has 2 amide bonds. The Balaban J connectivity index is 2.69. The van der Waals surface area contributed by atoms with Crippen LogP contribution < -0.4 is 10.6 Å². The van der Waals surface area contributed by atoms with Gasteiger partial charge in [0.25, 0.3) is 5.91 Å². The predicted octanol–water partition coefficient (Wildman–Crippen LogP) is 3.21. The molecule has 140 valence electrons. The van der Waals surface area contributed by atoms with E-state index < -0.39 is 6.04 Å². The molecule has 0 heterocycles. The molecule has 1 aromatic carbocycles. The quantitative estimate of drug-likeness (QED) is 0.683. The molecule has 1 aromatic rings. The van der Waals surface area contributed by atoms with E-state index in [0.717, 1.165) is 19.6 Å². The highest BCUT2D eigenvalue weighted by Gasteiger charge is 2.25. The molecule has 0 spiro atoms. The minimum Gasteiger partial charge on any atom is -0.353 e. The third-order valence-electron chi connectivity index (χ3n) is 4.03. The number of hydrogen-bond acceptors (Lipinski definition) is 3. The van der Waals surface area contributed by atoms with Crippen molar-refractivity contribution in [2.45, 2.75) is 33.7 Å². The molecule has 0 fully saturated rings. The number of rotatable bonds is 9. The van der Waals surface area contributed by atoms with E-state index in [9.17, 15) is 9.59 Å². The second-order valence-electron chi connectivity index (χ2n) is 6.14. The number of hydrogen-bond donors (Lipinski definition) is 2. The molecular formula is C18H27Cl2N3O2. The van der Waals surface area contributed by atoms with E-state index in [2.05, 4.69) is 29.4 Å². The average molecular weight is 388 g/mol. The minimum atomic E-state index is -0.629. The van der Waals surface area contributed by atoms with E-state index in [1.165, 1.54) is 6.07 Å². The van der Waals surface area contributed by atoms with Gasteiger partial charge in [-0.3, -0.25) is 9.59 Å². The van der Waals surface area contributed by atoms with Gasteiger partial charge in [0.15, 0.2) is 0 Å². The van der Waals surface area contributed by atoms with E-state index >= 15 is 0 Å². The Morgan fingerprint density at radius 3 is 2.32 bits per heavy atom. The van der Waals surface area contributed by atoms with Gasteiger partial charge < -0.3 is 15.5 Å². The third kappa shape index (κ3) is 6.84. The molecule has 0 radical (unpaired) electrons. The second-order valence-corrected chi connectivity index (χ2v) is 6.98. The lowest BCUT2D eigenvalue weighted by molar-refractivity contribution is -0.124. The van der Waals surface area contributed by atoms with Crippen LogP contribution in [0.4, 0.5) is 0 Å². The van der Waals surface area contributed by atoms with Gasteiger partial charge in [0.1, 0.15) is 6.04 Å². The Hall–Kier alpha value is -1.30. The smallest absolute Gasteiger partial charge is 0.253 e. The monoisotopic (exact) mass is 387 g/mol. The van der Waals surface area contributed by atoms with E-state index in [1.807, 2.05) is 13.8 Å². The molecule has 0 aliphatic heterocycles. The normalized spacial score (nSPS) is 12.3. The lowest BCUT2D eigenvalue weighted by Crippen LogP contribution is -2.50. The van der Waals surface area contributed by atoms with Gasteiger partial charge in [-0.1, -0.05) is 50.9 Å². The van der Waals surface area contributed by atoms with Gasteiger partial charge in [0.2, 0.25) is 5.91 Å². The minimum absolute atomic E-state index is 0.0523. The maximum absolute atomic E-state index is 12.5. The van der Waals surface area contributed by atoms with Crippen LogP contribution in [0.25, 0.3) is 0 Å². The molecule has 0 saturated heterocycles. The van der Waals surface area contributed by atoms with E-state index in [0.29, 0.717) is 17.1 Å². The Morgan fingerprint density at radius 1 is 1.16 bits per heavy atom. The zero-order valence-corrected chi connectivity index (χ0v) is 16.7. The predicted molar refractivity (Wildman–Crippen MR) is 103 cm³/mol. The van der Waals surface area contributed by atoms with Crippen LogP contribution in [-0.4, -0.2) is 48.9 Å². The van der Waals surface area contributed by atoms with Crippen molar-refractivity contribution in [1.29, 1.82) is 0 Å². The fraction of sp³-hybridized carbons (Fsp3) is 0.556. The summed E-state index contributed by atoms with van der Waals surface area (Å²) in [6.07, 6.45) is 0. The SMILES string of the molecule is CCN(CC)CCNC(=O)[C@@H](NC(=O)c1ccc(Cl)cc1Cl)C(C)C. The van der Waals surface area contributed by atoms with E-state index in [4.69, 9.17) is 23.2 Å². The van der Waals surface area contributed by atoms with Gasteiger partial charge in [-0.2, -0.15) is 0 Å². The van der Waals surface area contributed by atoms with Crippen LogP contribution in [0.3, 0.4) is 0 Å². The summed E-state index contributed by atoms with van der Waals surface area (Å²) >= 11 is 11.9. The van der Waals surface area contributed by atoms with Crippen molar-refractivity contribution in [3.63, 3.8) is 0 Å². The lowest BCUT2D eigenvalue weighted by Gasteiger charge is -2.23. The summed E-state index contributed by atoms with van der Waals surface area (Å²) in [6, 6.07) is 4.02. The first-order valence-corrected chi connectivity index (χ1v) is 9.31. The topological polar surface area (TPSA) is 61.4 Å². The van der Waals surface area contributed by atoms with Crippen molar-refractivity contribution < 1.29 is 9.59 Å². The van der Waals surface area contributed by atoms with Crippen LogP contribution in [-0.2, 0) is 4.79 Å². The van der Waals surface area contributed by atoms with Gasteiger partial charge in [-0.15, -0.1) is 0 Å². The molecule has 0 bridgehead atoms. The Labute approximate surface area is 160 Å². The molecule has 0 unspecified atom stereocenters. The molecule has 0 aromatic heterocycles. The third-order valence-corrected chi connectivity index (χ3v) is 4.58. The number of likely N-dealkylation sites (N-methyl/N-ethyl adjacent to an activating group) is 1. The highest BCUT2D eigenvalue weighted by molar-refractivity contribution is 6.36. The Morgan fingerprint density at radius 2 is 1.80 bits per heavy atom. The first-order chi connectivity index (χ1) is 11.8. The number of benzene rings is 1. The van der Waals surface area contributed by atoms with Crippen LogP contribution in [0.2, 0.25) is 10.0 Å². The highest BCUT2D eigenvalue weighted by atomic mass is 35.5. The Bertz CT molecular complexity index is 590. The first kappa shape index (κ1) is 21.7. The Kier molecular flexibility index (Phi) is 9.25. The molecule has 1 rings (SSSR count). The van der Waals surface area contributed by atoms with Gasteiger partial charge in [-0.25, -0.2) is 0 Å². The number of nitrogens with zero attached hydrogens (tertiary/aromatic N) is 1. The molecule has 2 N–H and O–H groups in total. The summed E-state index contributed by atoms with van der Waals surface area (Å²) < 4.78 is 0. The van der Waals surface area contributed by atoms with Crippen LogP contribution in [0.15, 0.2) is 18.2 Å². The van der Waals surface area contributed by atoms with Gasteiger partial charge in [0.05, 0.1) is 10.6 Å². The van der Waals surface area contributed by atoms with Crippen molar-refractivity contribution >= 4 is 35.0 Å². The highest BCUT2D eigenvalue weighted by Crippen LogP contribution is 2.21. The van der Waals surface area contributed by atoms with E-state index in [1.54, 1.807) is 12.1 Å². The van der Waals surface area contributed by atoms with Crippen molar-refractivity contribution in [2.24, 2.45) is 5.92 Å². The maximum Gasteiger partial charge on any atom is 0.253 e. The average Bonchev–Trinajstić information content (AvgIpc) is 2.55. The number of halogens is 2. The van der Waals surface area contributed by atoms with Gasteiger partial charge in [0, 0.05) is 18.1 Å². The van der Waals surface area contributed by atoms with Crippen LogP contribution in [0, 0.1) is 5.92 Å². The van der Waals surface area contributed by atoms with E-state index in [-0.39, 0.29) is 22.8 Å². The fourth-order valence-electron chi connectivity index (χ4n) is 2.41. The van der Waals surface area contributed by atoms with Crippen molar-refractivity contribution in [1.82, 2.24) is 15.5 Å². The molecule has 1 atom stereocenters. The number of carbonyl (C=O) groups excluding carboxylic acids is 2. The molecule has 0 saturated carbocycles. The molecule has 0 aliphatic carbocycles. The lowest BCUT2D eigenvalue weighted by atomic mass is 10.0. The van der Waals surface area contributed by atoms with Crippen molar-refractivity contribution in [3.05, 3.63) is 33.8 Å². The van der Waals surface area contributed by atoms with Crippen LogP contribution >= 0.6 is 23.2 Å². The van der Waals surface area contributed by atoms with Crippen LogP contribution in [0.1, 0.15) is 38.1 Å². The van der Waals surface area contributed by atoms with Gasteiger partial charge >= 0.3 is 0 Å². The number of nitrogens with one attached hydrogen (secondary N) is 2. The zero-order chi connectivity index (χ0) is 19.0. The molecule has 0 aliphatic rings. The van der Waals surface area contributed by atoms with Crippen molar-refractivity contribution in [3.8, 4) is 0 Å². The van der Waals surface area contributed by atoms with Crippen LogP contribution in [0.5, 0.6) is 0 Å².